The molecule has 36 heavy (non-hydrogen) atoms. The number of hydrogen-bond donors (Lipinski definition) is 1. The molecule has 0 radical (unpaired) electrons. The van der Waals surface area contributed by atoms with E-state index in [1.807, 2.05) is 26.8 Å². The summed E-state index contributed by atoms with van der Waals surface area (Å²) in [6.07, 6.45) is 0. The summed E-state index contributed by atoms with van der Waals surface area (Å²) in [5.74, 6) is 0.475. The van der Waals surface area contributed by atoms with Crippen LogP contribution in [0.1, 0.15) is 38.1 Å². The van der Waals surface area contributed by atoms with Crippen LogP contribution < -0.4 is 10.1 Å². The van der Waals surface area contributed by atoms with E-state index in [4.69, 9.17) is 27.9 Å². The molecule has 1 atom stereocenters. The normalized spacial score (nSPS) is 14.8. The molecular weight excluding hydrogens is 523 g/mol. The average molecular weight is 551 g/mol. The van der Waals surface area contributed by atoms with Crippen molar-refractivity contribution in [2.75, 3.05) is 19.5 Å². The number of nitrogens with zero attached hydrogens (tertiary/aromatic N) is 3. The molecule has 3 aromatic rings. The molecule has 1 unspecified atom stereocenters. The van der Waals surface area contributed by atoms with E-state index < -0.39 is 22.0 Å². The summed E-state index contributed by atoms with van der Waals surface area (Å²) in [4.78, 5) is 13.7. The number of amides is 1. The fraction of sp³-hybridized carbons (Fsp3) is 0.280. The van der Waals surface area contributed by atoms with Gasteiger partial charge in [-0.25, -0.2) is 17.4 Å². The molecule has 0 spiro atoms. The largest absolute Gasteiger partial charge is 0.497 e. The number of fused-ring (bicyclic) bond motifs is 1. The highest BCUT2D eigenvalue weighted by Crippen LogP contribution is 2.39. The van der Waals surface area contributed by atoms with Crippen LogP contribution in [0.25, 0.3) is 0 Å². The molecule has 0 bridgehead atoms. The Kier molecular flexibility index (Phi) is 8.38. The zero-order valence-corrected chi connectivity index (χ0v) is 23.2. The third kappa shape index (κ3) is 5.09. The van der Waals surface area contributed by atoms with Crippen LogP contribution in [0.5, 0.6) is 5.75 Å². The first-order valence-electron chi connectivity index (χ1n) is 11.2. The van der Waals surface area contributed by atoms with Gasteiger partial charge in [0.1, 0.15) is 17.6 Å². The molecule has 1 aromatic heterocycles. The summed E-state index contributed by atoms with van der Waals surface area (Å²) < 4.78 is 34.0. The van der Waals surface area contributed by atoms with E-state index in [2.05, 4.69) is 10.4 Å². The van der Waals surface area contributed by atoms with Crippen molar-refractivity contribution in [3.05, 3.63) is 81.1 Å². The fourth-order valence-corrected chi connectivity index (χ4v) is 5.27. The number of rotatable bonds is 5. The number of carbonyl (C=O) groups is 1. The highest BCUT2D eigenvalue weighted by molar-refractivity contribution is 7.89. The molecule has 1 aliphatic heterocycles. The smallest absolute Gasteiger partial charge is 0.267 e. The molecule has 192 valence electrons. The molecule has 0 saturated heterocycles. The number of allylic oxidation sites excluding steroid dienone is 1. The van der Waals surface area contributed by atoms with Crippen LogP contribution in [0.4, 0.5) is 5.82 Å². The topological polar surface area (TPSA) is 93.5 Å². The Morgan fingerprint density at radius 2 is 1.69 bits per heavy atom. The molecule has 4 rings (SSSR count). The minimum Gasteiger partial charge on any atom is -0.497 e. The molecule has 2 heterocycles. The van der Waals surface area contributed by atoms with Crippen LogP contribution in [0.2, 0.25) is 10.0 Å². The second-order valence-corrected chi connectivity index (χ2v) is 10.6. The monoisotopic (exact) mass is 550 g/mol. The van der Waals surface area contributed by atoms with Crippen molar-refractivity contribution in [3.63, 3.8) is 0 Å². The number of carbonyl (C=O) groups excluding carboxylic acids is 1. The standard InChI is InChI=1S/C23H22Cl2N4O4S.C2H6/c1-13-11-20-26-14(2)21(22(29(20)27-13)15-5-10-18(24)19(25)12-15)23(30)28(3)34(31,32)17-8-6-16(33-4)7-9-17;1-2/h5-12,22,26H,1-4H3;1-2H3. The highest BCUT2D eigenvalue weighted by atomic mass is 35.5. The van der Waals surface area contributed by atoms with Crippen molar-refractivity contribution in [1.82, 2.24) is 14.1 Å². The zero-order valence-electron chi connectivity index (χ0n) is 20.8. The minimum absolute atomic E-state index is 0.0344. The van der Waals surface area contributed by atoms with Gasteiger partial charge in [-0.05, 0) is 55.8 Å². The first-order chi connectivity index (χ1) is 17.0. The number of anilines is 1. The quantitative estimate of drug-likeness (QED) is 0.439. The summed E-state index contributed by atoms with van der Waals surface area (Å²) in [6.45, 7) is 7.55. The van der Waals surface area contributed by atoms with E-state index in [0.29, 0.717) is 32.9 Å². The molecular formula is C25H28Cl2N4O4S. The number of aromatic nitrogens is 2. The summed E-state index contributed by atoms with van der Waals surface area (Å²) in [5, 5.41) is 8.37. The minimum atomic E-state index is -4.14. The summed E-state index contributed by atoms with van der Waals surface area (Å²) in [7, 11) is -1.42. The molecule has 1 amide bonds. The van der Waals surface area contributed by atoms with Gasteiger partial charge in [0.05, 0.1) is 33.3 Å². The van der Waals surface area contributed by atoms with E-state index in [9.17, 15) is 13.2 Å². The Hall–Kier alpha value is -3.01. The molecule has 0 saturated carbocycles. The van der Waals surface area contributed by atoms with Crippen LogP contribution in [0, 0.1) is 6.92 Å². The number of halogens is 2. The van der Waals surface area contributed by atoms with Gasteiger partial charge in [-0.2, -0.15) is 5.10 Å². The third-order valence-corrected chi connectivity index (χ3v) is 8.08. The maximum absolute atomic E-state index is 13.7. The average Bonchev–Trinajstić information content (AvgIpc) is 3.24. The van der Waals surface area contributed by atoms with Crippen molar-refractivity contribution in [3.8, 4) is 5.75 Å². The number of aryl methyl sites for hydroxylation is 1. The van der Waals surface area contributed by atoms with Crippen molar-refractivity contribution in [2.45, 2.75) is 38.6 Å². The lowest BCUT2D eigenvalue weighted by molar-refractivity contribution is -0.122. The Labute approximate surface area is 221 Å². The van der Waals surface area contributed by atoms with E-state index in [1.54, 1.807) is 29.8 Å². The lowest BCUT2D eigenvalue weighted by atomic mass is 9.95. The van der Waals surface area contributed by atoms with E-state index in [0.717, 1.165) is 10.00 Å². The first-order valence-corrected chi connectivity index (χ1v) is 13.4. The van der Waals surface area contributed by atoms with E-state index >= 15 is 0 Å². The van der Waals surface area contributed by atoms with Gasteiger partial charge in [0, 0.05) is 18.8 Å². The summed E-state index contributed by atoms with van der Waals surface area (Å²) >= 11 is 12.4. The maximum atomic E-state index is 13.7. The number of hydrogen-bond acceptors (Lipinski definition) is 6. The van der Waals surface area contributed by atoms with Gasteiger partial charge in [-0.1, -0.05) is 43.1 Å². The van der Waals surface area contributed by atoms with Gasteiger partial charge < -0.3 is 10.1 Å². The van der Waals surface area contributed by atoms with Crippen LogP contribution in [0.3, 0.4) is 0 Å². The summed E-state index contributed by atoms with van der Waals surface area (Å²) in [6, 6.07) is 12.0. The molecule has 1 aliphatic rings. The van der Waals surface area contributed by atoms with E-state index in [1.165, 1.54) is 38.4 Å². The lowest BCUT2D eigenvalue weighted by Crippen LogP contribution is -2.39. The van der Waals surface area contributed by atoms with Crippen molar-refractivity contribution in [1.29, 1.82) is 0 Å². The Morgan fingerprint density at radius 3 is 2.28 bits per heavy atom. The molecule has 2 aromatic carbocycles. The number of likely N-dealkylation sites (N-methyl/N-ethyl adjacent to an activating group) is 1. The van der Waals surface area contributed by atoms with Crippen LogP contribution in [-0.4, -0.2) is 42.6 Å². The Morgan fingerprint density at radius 1 is 1.06 bits per heavy atom. The molecule has 1 N–H and O–H groups in total. The van der Waals surface area contributed by atoms with Gasteiger partial charge in [-0.3, -0.25) is 4.79 Å². The second kappa shape index (κ2) is 10.9. The number of nitrogens with one attached hydrogen (secondary N) is 1. The van der Waals surface area contributed by atoms with Crippen molar-refractivity contribution >= 4 is 45.0 Å². The highest BCUT2D eigenvalue weighted by Gasteiger charge is 2.38. The zero-order chi connectivity index (χ0) is 26.8. The predicted octanol–water partition coefficient (Wildman–Crippen LogP) is 5.67. The second-order valence-electron chi connectivity index (χ2n) is 7.81. The number of benzene rings is 2. The van der Waals surface area contributed by atoms with Gasteiger partial charge >= 0.3 is 0 Å². The fourth-order valence-electron chi connectivity index (χ4n) is 3.85. The lowest BCUT2D eigenvalue weighted by Gasteiger charge is -2.31. The SMILES string of the molecule is CC.COc1ccc(S(=O)(=O)N(C)C(=O)C2=C(C)Nc3cc(C)nn3C2c2ccc(Cl)c(Cl)c2)cc1. The summed E-state index contributed by atoms with van der Waals surface area (Å²) in [5.41, 5.74) is 2.09. The van der Waals surface area contributed by atoms with Gasteiger partial charge in [0.25, 0.3) is 15.9 Å². The van der Waals surface area contributed by atoms with Gasteiger partial charge in [0.15, 0.2) is 0 Å². The Balaban J connectivity index is 0.00000176. The van der Waals surface area contributed by atoms with Crippen LogP contribution in [-0.2, 0) is 14.8 Å². The number of methoxy groups -OCH3 is 1. The molecule has 8 nitrogen and oxygen atoms in total. The maximum Gasteiger partial charge on any atom is 0.267 e. The first kappa shape index (κ1) is 27.6. The van der Waals surface area contributed by atoms with Crippen molar-refractivity contribution in [2.24, 2.45) is 0 Å². The van der Waals surface area contributed by atoms with E-state index in [-0.39, 0.29) is 10.5 Å². The van der Waals surface area contributed by atoms with Crippen LogP contribution >= 0.6 is 23.2 Å². The third-order valence-electron chi connectivity index (χ3n) is 5.59. The molecule has 0 aliphatic carbocycles. The molecule has 11 heteroatoms. The number of ether oxygens (including phenoxy) is 1. The van der Waals surface area contributed by atoms with Gasteiger partial charge in [0.2, 0.25) is 0 Å². The molecule has 0 fully saturated rings. The number of sulfonamides is 1. The Bertz CT molecular complexity index is 1420. The van der Waals surface area contributed by atoms with Gasteiger partial charge in [-0.15, -0.1) is 0 Å². The van der Waals surface area contributed by atoms with Crippen LogP contribution in [0.15, 0.2) is 64.7 Å². The predicted molar refractivity (Wildman–Crippen MR) is 142 cm³/mol. The van der Waals surface area contributed by atoms with Crippen molar-refractivity contribution < 1.29 is 17.9 Å².